The van der Waals surface area contributed by atoms with Gasteiger partial charge in [0.15, 0.2) is 5.96 Å². The maximum absolute atomic E-state index is 14.6. The number of fused-ring (bicyclic) bond motifs is 1. The number of carbonyl (C=O) groups excluding carboxylic acids is 7. The number of phenolic OH excluding ortho intramolecular Hbond substituents is 1. The molecule has 0 aromatic heterocycles. The fraction of sp³-hybridized carbons (Fsp3) is 0.367. The van der Waals surface area contributed by atoms with Crippen LogP contribution in [-0.2, 0) is 52.9 Å². The van der Waals surface area contributed by atoms with Gasteiger partial charge < -0.3 is 64.2 Å². The van der Waals surface area contributed by atoms with Crippen molar-refractivity contribution in [3.05, 3.63) is 111 Å². The van der Waals surface area contributed by atoms with E-state index in [1.165, 1.54) is 18.0 Å². The summed E-state index contributed by atoms with van der Waals surface area (Å²) in [5, 5.41) is 37.3. The SMILES string of the molecule is CN1C(=O)[C@@H](Cc2ccc(O)c(I)c2)NC(=O)CNC(=O)[C@H](Cc2ccc3ccccc3c2)NC(=O)[C@H](CCCN=C(N)N)NC(=O)[C@H]1CCCNC(=O)c1ccc(CNC(=O)C(N)CCC(=O)O)cc1. The number of carboxylic acids is 1. The van der Waals surface area contributed by atoms with Gasteiger partial charge in [0.2, 0.25) is 35.4 Å². The van der Waals surface area contributed by atoms with E-state index in [1.54, 1.807) is 36.4 Å². The van der Waals surface area contributed by atoms with Gasteiger partial charge in [0.1, 0.15) is 29.9 Å². The molecule has 1 fully saturated rings. The Balaban J connectivity index is 1.38. The maximum Gasteiger partial charge on any atom is 0.303 e. The van der Waals surface area contributed by atoms with Crippen molar-refractivity contribution in [2.24, 2.45) is 22.2 Å². The number of nitrogens with one attached hydrogen (secondary N) is 6. The number of nitrogens with two attached hydrogens (primary N) is 3. The second-order valence-electron chi connectivity index (χ2n) is 17.1. The second kappa shape index (κ2) is 26.6. The summed E-state index contributed by atoms with van der Waals surface area (Å²) in [5.74, 6) is -5.70. The molecule has 0 spiro atoms. The molecular formula is C49H60IN11O10. The molecule has 378 valence electrons. The Labute approximate surface area is 423 Å². The normalized spacial score (nSPS) is 18.4. The lowest BCUT2D eigenvalue weighted by Gasteiger charge is -2.32. The van der Waals surface area contributed by atoms with E-state index in [9.17, 15) is 43.5 Å². The number of carbonyl (C=O) groups is 8. The number of aliphatic carboxylic acids is 1. The predicted molar refractivity (Wildman–Crippen MR) is 272 cm³/mol. The summed E-state index contributed by atoms with van der Waals surface area (Å²) >= 11 is 1.94. The van der Waals surface area contributed by atoms with E-state index >= 15 is 0 Å². The lowest BCUT2D eigenvalue weighted by molar-refractivity contribution is -0.142. The monoisotopic (exact) mass is 1090 g/mol. The molecule has 0 aliphatic carbocycles. The number of aromatic hydroxyl groups is 1. The highest BCUT2D eigenvalue weighted by Gasteiger charge is 2.36. The third-order valence-corrected chi connectivity index (χ3v) is 12.6. The molecule has 0 radical (unpaired) electrons. The van der Waals surface area contributed by atoms with Crippen LogP contribution in [0, 0.1) is 3.57 Å². The van der Waals surface area contributed by atoms with Crippen LogP contribution in [0.1, 0.15) is 65.6 Å². The summed E-state index contributed by atoms with van der Waals surface area (Å²) in [6.07, 6.45) is 0.0770. The molecule has 4 aromatic rings. The lowest BCUT2D eigenvalue weighted by atomic mass is 10.00. The highest BCUT2D eigenvalue weighted by Crippen LogP contribution is 2.22. The van der Waals surface area contributed by atoms with Gasteiger partial charge in [0.05, 0.1) is 16.2 Å². The van der Waals surface area contributed by atoms with E-state index in [0.717, 1.165) is 10.8 Å². The molecule has 1 aliphatic rings. The van der Waals surface area contributed by atoms with Crippen molar-refractivity contribution in [1.29, 1.82) is 0 Å². The summed E-state index contributed by atoms with van der Waals surface area (Å²) in [6, 6.07) is 18.3. The van der Waals surface area contributed by atoms with Crippen LogP contribution in [0.2, 0.25) is 0 Å². The van der Waals surface area contributed by atoms with Gasteiger partial charge in [-0.2, -0.15) is 0 Å². The highest BCUT2D eigenvalue weighted by atomic mass is 127. The van der Waals surface area contributed by atoms with Gasteiger partial charge in [-0.15, -0.1) is 0 Å². The van der Waals surface area contributed by atoms with Crippen LogP contribution in [0.3, 0.4) is 0 Å². The highest BCUT2D eigenvalue weighted by molar-refractivity contribution is 14.1. The molecule has 71 heavy (non-hydrogen) atoms. The summed E-state index contributed by atoms with van der Waals surface area (Å²) < 4.78 is 0.493. The molecule has 0 bridgehead atoms. The summed E-state index contributed by atoms with van der Waals surface area (Å²) in [6.45, 7) is -0.304. The molecule has 22 heteroatoms. The number of likely N-dealkylation sites (N-methyl/N-ethyl adjacent to an activating group) is 1. The molecule has 1 saturated heterocycles. The first kappa shape index (κ1) is 54.6. The number of halogens is 1. The van der Waals surface area contributed by atoms with E-state index in [4.69, 9.17) is 22.3 Å². The van der Waals surface area contributed by atoms with Crippen molar-refractivity contribution < 1.29 is 48.6 Å². The number of carboxylic acid groups (broad SMARTS) is 1. The zero-order chi connectivity index (χ0) is 51.6. The number of nitrogens with zero attached hydrogens (tertiary/aromatic N) is 2. The van der Waals surface area contributed by atoms with E-state index in [2.05, 4.69) is 36.9 Å². The molecule has 1 aliphatic heterocycles. The molecule has 1 heterocycles. The van der Waals surface area contributed by atoms with Crippen molar-refractivity contribution in [3.8, 4) is 5.75 Å². The Morgan fingerprint density at radius 2 is 1.45 bits per heavy atom. The molecule has 0 saturated carbocycles. The number of phenols is 1. The first-order valence-electron chi connectivity index (χ1n) is 23.0. The van der Waals surface area contributed by atoms with Crippen LogP contribution in [0.4, 0.5) is 0 Å². The zero-order valence-electron chi connectivity index (χ0n) is 39.1. The minimum atomic E-state index is -1.27. The average Bonchev–Trinajstić information content (AvgIpc) is 3.34. The van der Waals surface area contributed by atoms with Gasteiger partial charge in [0.25, 0.3) is 5.91 Å². The number of hydrogen-bond acceptors (Lipinski definition) is 11. The number of guanidine groups is 1. The Kier molecular flexibility index (Phi) is 20.4. The second-order valence-corrected chi connectivity index (χ2v) is 18.3. The largest absolute Gasteiger partial charge is 0.507 e. The topological polar surface area (TPSA) is 343 Å². The van der Waals surface area contributed by atoms with Gasteiger partial charge in [-0.05, 0) is 106 Å². The lowest BCUT2D eigenvalue weighted by Crippen LogP contribution is -2.58. The smallest absolute Gasteiger partial charge is 0.303 e. The number of aliphatic imine (C=N–C) groups is 1. The Morgan fingerprint density at radius 1 is 0.789 bits per heavy atom. The van der Waals surface area contributed by atoms with Crippen molar-refractivity contribution in [3.63, 3.8) is 0 Å². The summed E-state index contributed by atoms with van der Waals surface area (Å²) in [5.41, 5.74) is 19.1. The van der Waals surface area contributed by atoms with Crippen molar-refractivity contribution in [2.75, 3.05) is 26.7 Å². The van der Waals surface area contributed by atoms with Gasteiger partial charge >= 0.3 is 5.97 Å². The Morgan fingerprint density at radius 3 is 2.15 bits per heavy atom. The van der Waals surface area contributed by atoms with Gasteiger partial charge in [-0.3, -0.25) is 43.3 Å². The van der Waals surface area contributed by atoms with Crippen LogP contribution in [-0.4, -0.2) is 125 Å². The molecular weight excluding hydrogens is 1030 g/mol. The van der Waals surface area contributed by atoms with E-state index in [-0.39, 0.29) is 82.7 Å². The van der Waals surface area contributed by atoms with Crippen LogP contribution >= 0.6 is 22.6 Å². The molecule has 14 N–H and O–H groups in total. The quantitative estimate of drug-likeness (QED) is 0.0263. The third-order valence-electron chi connectivity index (χ3n) is 11.7. The first-order chi connectivity index (χ1) is 33.9. The maximum atomic E-state index is 14.6. The Hall–Kier alpha value is -7.34. The number of amides is 7. The Bertz CT molecular complexity index is 2610. The standard InChI is InChI=1S/C49H60IN11O10/c1-61-39(9-5-20-54-43(66)32-15-10-28(11-16-32)26-56-44(67)35(51)17-19-42(64)65)47(70)59-36(8-4-21-55-49(52)53)46(69)60-37(24-29-12-14-31-6-2-3-7-33(31)22-29)45(68)57-27-41(63)58-38(48(61)71)25-30-13-18-40(62)34(50)23-30/h2-3,6-7,10-16,18,22-23,35-39,62H,4-5,8-9,17,19-21,24-27,51H2,1H3,(H,54,66)(H,56,67)(H,57,68)(H,58,63)(H,59,70)(H,60,69)(H,64,65)(H4,52,53,55)/t35?,36-,37-,38+,39+/m0/s1. The molecule has 5 atom stereocenters. The van der Waals surface area contributed by atoms with Gasteiger partial charge in [0, 0.05) is 51.5 Å². The van der Waals surface area contributed by atoms with Gasteiger partial charge in [-0.1, -0.05) is 60.7 Å². The summed E-state index contributed by atoms with van der Waals surface area (Å²) in [7, 11) is 1.39. The zero-order valence-corrected chi connectivity index (χ0v) is 41.3. The van der Waals surface area contributed by atoms with Crippen LogP contribution in [0.5, 0.6) is 5.75 Å². The van der Waals surface area contributed by atoms with Crippen molar-refractivity contribution >= 4 is 86.6 Å². The molecule has 1 unspecified atom stereocenters. The number of rotatable bonds is 19. The van der Waals surface area contributed by atoms with E-state index in [1.807, 2.05) is 65.1 Å². The fourth-order valence-electron chi connectivity index (χ4n) is 7.78. The first-order valence-corrected chi connectivity index (χ1v) is 24.0. The third kappa shape index (κ3) is 16.9. The number of hydrogen-bond donors (Lipinski definition) is 11. The minimum Gasteiger partial charge on any atom is -0.507 e. The van der Waals surface area contributed by atoms with Crippen molar-refractivity contribution in [1.82, 2.24) is 36.8 Å². The van der Waals surface area contributed by atoms with E-state index in [0.29, 0.717) is 25.8 Å². The van der Waals surface area contributed by atoms with Gasteiger partial charge in [-0.25, -0.2) is 0 Å². The number of benzene rings is 4. The summed E-state index contributed by atoms with van der Waals surface area (Å²) in [4.78, 5) is 112. The van der Waals surface area contributed by atoms with Crippen LogP contribution in [0.25, 0.3) is 10.8 Å². The average molecular weight is 1090 g/mol. The molecule has 5 rings (SSSR count). The van der Waals surface area contributed by atoms with Crippen LogP contribution in [0.15, 0.2) is 89.9 Å². The molecule has 7 amide bonds. The fourth-order valence-corrected chi connectivity index (χ4v) is 8.36. The predicted octanol–water partition coefficient (Wildman–Crippen LogP) is 0.419. The van der Waals surface area contributed by atoms with Crippen molar-refractivity contribution in [2.45, 2.75) is 88.1 Å². The minimum absolute atomic E-state index is 0.0145. The van der Waals surface area contributed by atoms with Crippen LogP contribution < -0.4 is 49.1 Å². The molecule has 4 aromatic carbocycles. The van der Waals surface area contributed by atoms with E-state index < -0.39 is 84.1 Å². The molecule has 21 nitrogen and oxygen atoms in total.